The summed E-state index contributed by atoms with van der Waals surface area (Å²) in [5, 5.41) is 14.8. The molecule has 3 heterocycles. The minimum atomic E-state index is -3.32. The summed E-state index contributed by atoms with van der Waals surface area (Å²) in [6.45, 7) is 20.4. The Kier molecular flexibility index (Phi) is 10.0. The average molecular weight is 739 g/mol. The molecule has 1 atom stereocenters. The SMILES string of the molecule is C\C=C/C=C(/C=C\C)C(\C=C1/NC2=C(CCC=C2)C2N[PH](N)(Nc3c(CN)cccc31)n1c3ccc(C(C)(C)C)cc3c3cc(C(C)(C)C)cc2c31)=C\C. The Hall–Kier alpha value is -4.45. The van der Waals surface area contributed by atoms with Crippen LogP contribution >= 0.6 is 7.87 Å². The maximum atomic E-state index is 8.02. The standard InChI is InChI=1S/C47H59N6P/c1-10-13-18-31(17-11-2)30(12-3)25-41-36-21-16-19-32(29-48)43(36)51-54(49)52-44(35-20-14-15-22-40(35)50-41)39-28-34(47(7,8)9)27-38-37-26-33(46(4,5)6)23-24-42(37)53(54)45(38)39/h10-13,15-19,21-28,44,50-52,54H,14,20,29,48-49H2,1-9H3/b13-10-,17-11-,30-12+,31-18-,41-25-. The van der Waals surface area contributed by atoms with Crippen molar-refractivity contribution in [3.63, 3.8) is 0 Å². The molecule has 2 aliphatic heterocycles. The van der Waals surface area contributed by atoms with Crippen LogP contribution in [0.25, 0.3) is 27.5 Å². The van der Waals surface area contributed by atoms with Crippen LogP contribution in [0.1, 0.15) is 109 Å². The Morgan fingerprint density at radius 2 is 1.69 bits per heavy atom. The first-order valence-electron chi connectivity index (χ1n) is 19.5. The molecule has 282 valence electrons. The maximum absolute atomic E-state index is 8.02. The van der Waals surface area contributed by atoms with Crippen LogP contribution < -0.4 is 26.7 Å². The Balaban J connectivity index is 1.60. The van der Waals surface area contributed by atoms with Crippen molar-refractivity contribution in [1.29, 1.82) is 0 Å². The van der Waals surface area contributed by atoms with Crippen LogP contribution in [0.3, 0.4) is 0 Å². The molecule has 3 aliphatic rings. The summed E-state index contributed by atoms with van der Waals surface area (Å²) in [5.41, 5.74) is 29.5. The number of rotatable bonds is 5. The summed E-state index contributed by atoms with van der Waals surface area (Å²) in [4.78, 5) is 0. The fourth-order valence-corrected chi connectivity index (χ4v) is 11.2. The van der Waals surface area contributed by atoms with E-state index in [9.17, 15) is 0 Å². The van der Waals surface area contributed by atoms with Crippen molar-refractivity contribution in [1.82, 2.24) is 14.7 Å². The van der Waals surface area contributed by atoms with Crippen LogP contribution in [0.4, 0.5) is 5.69 Å². The number of fused-ring (bicyclic) bond motifs is 9. The van der Waals surface area contributed by atoms with Crippen LogP contribution in [0.5, 0.6) is 0 Å². The van der Waals surface area contributed by atoms with Gasteiger partial charge in [0.15, 0.2) is 0 Å². The summed E-state index contributed by atoms with van der Waals surface area (Å²) in [6.07, 6.45) is 21.5. The molecule has 7 heteroatoms. The van der Waals surface area contributed by atoms with Gasteiger partial charge in [0.05, 0.1) is 0 Å². The van der Waals surface area contributed by atoms with Crippen LogP contribution in [-0.2, 0) is 17.4 Å². The number of nitrogens with one attached hydrogen (secondary N) is 3. The molecule has 0 radical (unpaired) electrons. The van der Waals surface area contributed by atoms with E-state index in [1.54, 1.807) is 0 Å². The summed E-state index contributed by atoms with van der Waals surface area (Å²) in [7, 11) is -3.32. The normalized spacial score (nSPS) is 20.4. The van der Waals surface area contributed by atoms with E-state index in [2.05, 4.69) is 178 Å². The van der Waals surface area contributed by atoms with Crippen LogP contribution in [0.2, 0.25) is 0 Å². The molecular formula is C47H59N6P. The molecule has 0 saturated heterocycles. The van der Waals surface area contributed by atoms with Crippen molar-refractivity contribution >= 4 is 41.1 Å². The van der Waals surface area contributed by atoms with Gasteiger partial charge in [-0.15, -0.1) is 0 Å². The first-order chi connectivity index (χ1) is 25.7. The third-order valence-electron chi connectivity index (χ3n) is 11.2. The number of hydrogen-bond acceptors (Lipinski definition) is 5. The van der Waals surface area contributed by atoms with Crippen LogP contribution in [0, 0.1) is 0 Å². The number of nitrogens with zero attached hydrogens (tertiary/aromatic N) is 1. The van der Waals surface area contributed by atoms with E-state index in [0.29, 0.717) is 6.54 Å². The number of anilines is 1. The fraction of sp³-hybridized carbons (Fsp3) is 0.319. The molecule has 54 heavy (non-hydrogen) atoms. The van der Waals surface area contributed by atoms with E-state index in [-0.39, 0.29) is 16.9 Å². The van der Waals surface area contributed by atoms with Crippen molar-refractivity contribution in [2.24, 2.45) is 11.2 Å². The van der Waals surface area contributed by atoms with Gasteiger partial charge in [-0.05, 0) is 0 Å². The van der Waals surface area contributed by atoms with Gasteiger partial charge in [0.2, 0.25) is 0 Å². The number of allylic oxidation sites excluding steroid dienone is 11. The van der Waals surface area contributed by atoms with Gasteiger partial charge in [0.25, 0.3) is 0 Å². The number of aromatic nitrogens is 1. The van der Waals surface area contributed by atoms with Gasteiger partial charge in [-0.25, -0.2) is 0 Å². The molecule has 0 amide bonds. The van der Waals surface area contributed by atoms with Gasteiger partial charge < -0.3 is 0 Å². The molecular weight excluding hydrogens is 680 g/mol. The molecule has 0 fully saturated rings. The molecule has 7 N–H and O–H groups in total. The number of nitrogens with two attached hydrogens (primary N) is 2. The second-order valence-electron chi connectivity index (χ2n) is 17.0. The quantitative estimate of drug-likeness (QED) is 0.104. The predicted octanol–water partition coefficient (Wildman–Crippen LogP) is 11.4. The Labute approximate surface area is 323 Å². The van der Waals surface area contributed by atoms with Crippen LogP contribution in [0.15, 0.2) is 126 Å². The predicted molar refractivity (Wildman–Crippen MR) is 237 cm³/mol. The second kappa shape index (κ2) is 14.3. The molecule has 1 aromatic heterocycles. The van der Waals surface area contributed by atoms with Crippen molar-refractivity contribution in [3.8, 4) is 0 Å². The Morgan fingerprint density at radius 3 is 2.37 bits per heavy atom. The second-order valence-corrected chi connectivity index (χ2v) is 19.5. The molecule has 6 nitrogen and oxygen atoms in total. The van der Waals surface area contributed by atoms with Gasteiger partial charge in [0.1, 0.15) is 0 Å². The molecule has 0 saturated carbocycles. The van der Waals surface area contributed by atoms with Crippen molar-refractivity contribution in [2.75, 3.05) is 5.09 Å². The van der Waals surface area contributed by atoms with E-state index in [0.717, 1.165) is 57.7 Å². The molecule has 3 aromatic carbocycles. The number of benzene rings is 3. The van der Waals surface area contributed by atoms with E-state index in [1.165, 1.54) is 38.6 Å². The summed E-state index contributed by atoms with van der Waals surface area (Å²) < 4.78 is 2.46. The molecule has 1 aliphatic carbocycles. The number of para-hydroxylation sites is 1. The van der Waals surface area contributed by atoms with Gasteiger partial charge in [-0.3, -0.25) is 0 Å². The van der Waals surface area contributed by atoms with Gasteiger partial charge in [-0.1, -0.05) is 0 Å². The average Bonchev–Trinajstić information content (AvgIpc) is 3.48. The summed E-state index contributed by atoms with van der Waals surface area (Å²) in [6, 6.07) is 18.2. The Bertz CT molecular complexity index is 2360. The molecule has 4 aromatic rings. The fourth-order valence-electron chi connectivity index (χ4n) is 8.27. The van der Waals surface area contributed by atoms with Crippen molar-refractivity contribution < 1.29 is 0 Å². The number of hydrogen-bond donors (Lipinski definition) is 5. The minimum absolute atomic E-state index is 0.000383. The van der Waals surface area contributed by atoms with Gasteiger partial charge in [-0.2, -0.15) is 0 Å². The summed E-state index contributed by atoms with van der Waals surface area (Å²) >= 11 is 0. The van der Waals surface area contributed by atoms with E-state index >= 15 is 0 Å². The first kappa shape index (κ1) is 37.8. The van der Waals surface area contributed by atoms with Crippen molar-refractivity contribution in [3.05, 3.63) is 153 Å². The summed E-state index contributed by atoms with van der Waals surface area (Å²) in [5.74, 6) is 0. The van der Waals surface area contributed by atoms with E-state index < -0.39 is 7.87 Å². The van der Waals surface area contributed by atoms with E-state index in [1.807, 2.05) is 6.92 Å². The van der Waals surface area contributed by atoms with Gasteiger partial charge >= 0.3 is 324 Å². The van der Waals surface area contributed by atoms with E-state index in [4.69, 9.17) is 11.2 Å². The zero-order valence-electron chi connectivity index (χ0n) is 33.6. The van der Waals surface area contributed by atoms with Crippen molar-refractivity contribution in [2.45, 2.75) is 98.6 Å². The third-order valence-corrected chi connectivity index (χ3v) is 13.7. The molecule has 2 bridgehead atoms. The molecule has 1 unspecified atom stereocenters. The topological polar surface area (TPSA) is 93.1 Å². The molecule has 0 spiro atoms. The Morgan fingerprint density at radius 1 is 0.926 bits per heavy atom. The third kappa shape index (κ3) is 6.64. The van der Waals surface area contributed by atoms with Gasteiger partial charge in [0, 0.05) is 0 Å². The zero-order chi connectivity index (χ0) is 38.6. The monoisotopic (exact) mass is 738 g/mol. The van der Waals surface area contributed by atoms with Crippen LogP contribution in [-0.4, -0.2) is 4.34 Å². The first-order valence-corrected chi connectivity index (χ1v) is 21.6. The molecule has 7 rings (SSSR count). The zero-order valence-corrected chi connectivity index (χ0v) is 34.6.